The molecule has 1 atom stereocenters. The molecule has 0 aliphatic carbocycles. The number of carboxylic acids is 1. The number of aliphatic carboxylic acids is 1. The third-order valence-electron chi connectivity index (χ3n) is 3.08. The van der Waals surface area contributed by atoms with Crippen LogP contribution in [0, 0.1) is 5.41 Å². The Morgan fingerprint density at radius 1 is 1.86 bits per heavy atom. The Balaban J connectivity index is 2.91. The minimum Gasteiger partial charge on any atom is -0.481 e. The summed E-state index contributed by atoms with van der Waals surface area (Å²) in [6, 6.07) is 0. The maximum absolute atomic E-state index is 11.1. The topological polar surface area (TPSA) is 72.5 Å². The van der Waals surface area contributed by atoms with E-state index in [-0.39, 0.29) is 13.6 Å². The van der Waals surface area contributed by atoms with E-state index in [1.54, 1.807) is 0 Å². The summed E-state index contributed by atoms with van der Waals surface area (Å²) in [5.74, 6) is -1.38. The molecule has 1 fully saturated rings. The summed E-state index contributed by atoms with van der Waals surface area (Å²) in [6.45, 7) is 7.37. The zero-order chi connectivity index (χ0) is 10.9. The predicted octanol–water partition coefficient (Wildman–Crippen LogP) is 0.961. The van der Waals surface area contributed by atoms with Gasteiger partial charge in [-0.1, -0.05) is 26.0 Å². The highest BCUT2D eigenvalue weighted by Gasteiger charge is 2.52. The summed E-state index contributed by atoms with van der Waals surface area (Å²) in [5.41, 5.74) is 5.77. The summed E-state index contributed by atoms with van der Waals surface area (Å²) < 4.78 is 5.22. The van der Waals surface area contributed by atoms with Gasteiger partial charge in [0.1, 0.15) is 0 Å². The summed E-state index contributed by atoms with van der Waals surface area (Å²) >= 11 is 0. The Bertz CT molecular complexity index is 265. The summed E-state index contributed by atoms with van der Waals surface area (Å²) in [6.07, 6.45) is 0.584. The van der Waals surface area contributed by atoms with Crippen molar-refractivity contribution in [2.75, 3.05) is 6.73 Å². The van der Waals surface area contributed by atoms with Gasteiger partial charge in [-0.3, -0.25) is 4.79 Å². The van der Waals surface area contributed by atoms with Crippen LogP contribution in [0.2, 0.25) is 12.1 Å². The molecule has 0 bridgehead atoms. The number of carboxylic acid groups (broad SMARTS) is 1. The van der Waals surface area contributed by atoms with Crippen LogP contribution in [0.3, 0.4) is 0 Å². The van der Waals surface area contributed by atoms with Crippen molar-refractivity contribution >= 4 is 12.9 Å². The van der Waals surface area contributed by atoms with Crippen molar-refractivity contribution in [2.24, 2.45) is 11.1 Å². The zero-order valence-electron chi connectivity index (χ0n) is 8.62. The van der Waals surface area contributed by atoms with Crippen molar-refractivity contribution in [2.45, 2.75) is 26.0 Å². The Hall–Kier alpha value is -0.805. The van der Waals surface area contributed by atoms with E-state index in [1.165, 1.54) is 0 Å². The molecule has 1 heterocycles. The molecule has 0 amide bonds. The second-order valence-corrected chi connectivity index (χ2v) is 4.22. The Morgan fingerprint density at radius 2 is 2.43 bits per heavy atom. The van der Waals surface area contributed by atoms with E-state index < -0.39 is 17.2 Å². The fraction of sp³-hybridized carbons (Fsp3) is 0.667. The molecule has 0 aromatic carbocycles. The average molecular weight is 197 g/mol. The molecule has 1 unspecified atom stereocenters. The van der Waals surface area contributed by atoms with Crippen LogP contribution in [0.15, 0.2) is 12.2 Å². The van der Waals surface area contributed by atoms with E-state index in [4.69, 9.17) is 15.5 Å². The van der Waals surface area contributed by atoms with Gasteiger partial charge < -0.3 is 15.5 Å². The first-order valence-corrected chi connectivity index (χ1v) is 4.64. The van der Waals surface area contributed by atoms with E-state index >= 15 is 0 Å². The molecule has 1 saturated heterocycles. The molecular weight excluding hydrogens is 181 g/mol. The maximum atomic E-state index is 11.1. The van der Waals surface area contributed by atoms with Gasteiger partial charge in [-0.2, -0.15) is 0 Å². The number of carbonyl (C=O) groups is 1. The Morgan fingerprint density at radius 3 is 2.86 bits per heavy atom. The van der Waals surface area contributed by atoms with Gasteiger partial charge in [0, 0.05) is 0 Å². The van der Waals surface area contributed by atoms with E-state index in [2.05, 4.69) is 6.58 Å². The lowest BCUT2D eigenvalue weighted by atomic mass is 9.54. The summed E-state index contributed by atoms with van der Waals surface area (Å²) in [7, 11) is 0. The average Bonchev–Trinajstić information content (AvgIpc) is 2.23. The molecule has 0 aromatic rings. The molecular formula is C9H16BNO3. The van der Waals surface area contributed by atoms with Crippen molar-refractivity contribution < 1.29 is 14.6 Å². The van der Waals surface area contributed by atoms with Crippen molar-refractivity contribution in [1.82, 2.24) is 0 Å². The molecule has 78 valence electrons. The van der Waals surface area contributed by atoms with Crippen LogP contribution in [0.1, 0.15) is 13.8 Å². The van der Waals surface area contributed by atoms with Gasteiger partial charge in [-0.15, -0.1) is 0 Å². The van der Waals surface area contributed by atoms with Crippen molar-refractivity contribution in [3.63, 3.8) is 0 Å². The molecule has 0 spiro atoms. The molecule has 1 aliphatic rings. The molecule has 0 saturated carbocycles. The second kappa shape index (κ2) is 3.75. The monoisotopic (exact) mass is 197 g/mol. The highest BCUT2D eigenvalue weighted by Crippen LogP contribution is 2.50. The minimum absolute atomic E-state index is 0.0534. The fourth-order valence-electron chi connectivity index (χ4n) is 2.05. The quantitative estimate of drug-likeness (QED) is 0.401. The van der Waals surface area contributed by atoms with Crippen LogP contribution in [0.25, 0.3) is 0 Å². The lowest BCUT2D eigenvalue weighted by molar-refractivity contribution is -0.138. The number of hydrogen-bond donors (Lipinski definition) is 2. The van der Waals surface area contributed by atoms with Crippen molar-refractivity contribution in [1.29, 1.82) is 0 Å². The molecule has 4 nitrogen and oxygen atoms in total. The smallest absolute Gasteiger partial charge is 0.314 e. The largest absolute Gasteiger partial charge is 0.481 e. The first-order valence-electron chi connectivity index (χ1n) is 4.64. The highest BCUT2D eigenvalue weighted by atomic mass is 16.4. The van der Waals surface area contributed by atoms with Gasteiger partial charge in [-0.25, -0.2) is 0 Å². The molecule has 0 aromatic heterocycles. The normalized spacial score (nSPS) is 25.5. The van der Waals surface area contributed by atoms with Crippen LogP contribution in [0.5, 0.6) is 0 Å². The van der Waals surface area contributed by atoms with E-state index in [9.17, 15) is 4.79 Å². The van der Waals surface area contributed by atoms with Gasteiger partial charge in [0.05, 0.1) is 12.5 Å². The lowest BCUT2D eigenvalue weighted by Gasteiger charge is -2.26. The molecule has 5 heteroatoms. The minimum atomic E-state index is -0.841. The van der Waals surface area contributed by atoms with E-state index in [0.717, 1.165) is 5.57 Å². The van der Waals surface area contributed by atoms with Crippen LogP contribution in [-0.2, 0) is 9.45 Å². The zero-order valence-corrected chi connectivity index (χ0v) is 8.62. The number of rotatable bonds is 3. The Labute approximate surface area is 84.2 Å². The van der Waals surface area contributed by atoms with Gasteiger partial charge in [0.25, 0.3) is 0 Å². The molecule has 1 aliphatic heterocycles. The predicted molar refractivity (Wildman–Crippen MR) is 55.0 cm³/mol. The molecule has 0 radical (unpaired) electrons. The SMILES string of the molecule is C=C1CB(OCN)C(C(=O)O)C1(C)C. The van der Waals surface area contributed by atoms with Crippen molar-refractivity contribution in [3.8, 4) is 0 Å². The van der Waals surface area contributed by atoms with E-state index in [0.29, 0.717) is 6.32 Å². The number of hydrogen-bond acceptors (Lipinski definition) is 3. The highest BCUT2D eigenvalue weighted by molar-refractivity contribution is 6.60. The van der Waals surface area contributed by atoms with E-state index in [1.807, 2.05) is 13.8 Å². The first-order chi connectivity index (χ1) is 6.41. The lowest BCUT2D eigenvalue weighted by Crippen LogP contribution is -2.33. The van der Waals surface area contributed by atoms with Crippen molar-refractivity contribution in [3.05, 3.63) is 12.2 Å². The Kier molecular flexibility index (Phi) is 3.02. The van der Waals surface area contributed by atoms with Crippen LogP contribution >= 0.6 is 0 Å². The standard InChI is InChI=1S/C9H16BNO3/c1-6-4-10(14-5-11)7(8(12)13)9(6,2)3/h7H,1,4-5,11H2,2-3H3,(H,12,13). The maximum Gasteiger partial charge on any atom is 0.314 e. The van der Waals surface area contributed by atoms with Gasteiger partial charge >= 0.3 is 12.9 Å². The second-order valence-electron chi connectivity index (χ2n) is 4.22. The van der Waals surface area contributed by atoms with Crippen LogP contribution < -0.4 is 5.73 Å². The van der Waals surface area contributed by atoms with Crippen LogP contribution in [0.4, 0.5) is 0 Å². The molecule has 14 heavy (non-hydrogen) atoms. The molecule has 3 N–H and O–H groups in total. The number of allylic oxidation sites excluding steroid dienone is 1. The van der Waals surface area contributed by atoms with Gasteiger partial charge in [0.2, 0.25) is 0 Å². The fourth-order valence-corrected chi connectivity index (χ4v) is 2.05. The van der Waals surface area contributed by atoms with Crippen LogP contribution in [-0.4, -0.2) is 24.7 Å². The third kappa shape index (κ3) is 1.70. The third-order valence-corrected chi connectivity index (χ3v) is 3.08. The summed E-state index contributed by atoms with van der Waals surface area (Å²) in [4.78, 5) is 11.1. The van der Waals surface area contributed by atoms with Gasteiger partial charge in [0.15, 0.2) is 0 Å². The first kappa shape index (κ1) is 11.3. The van der Waals surface area contributed by atoms with Gasteiger partial charge in [-0.05, 0) is 11.7 Å². The number of nitrogens with two attached hydrogens (primary N) is 1. The summed E-state index contributed by atoms with van der Waals surface area (Å²) in [5, 5.41) is 9.10. The molecule has 1 rings (SSSR count).